The summed E-state index contributed by atoms with van der Waals surface area (Å²) in [5, 5.41) is 0. The first-order valence-electron chi connectivity index (χ1n) is 7.28. The molecular formula is C17H24N4. The number of rotatable bonds is 3. The van der Waals surface area contributed by atoms with E-state index in [1.807, 2.05) is 6.92 Å². The lowest BCUT2D eigenvalue weighted by molar-refractivity contribution is 0.831. The standard InChI is InChI=1S/C17H24N4/c1-9(2)14-13(6)19-16(20-17(14)21-18)15-11(4)7-10(3)8-12(15)5/h7-9H,18H2,1-6H3,(H,19,20,21). The molecule has 4 heteroatoms. The van der Waals surface area contributed by atoms with Crippen LogP contribution in [-0.4, -0.2) is 9.97 Å². The molecule has 0 saturated heterocycles. The van der Waals surface area contributed by atoms with Gasteiger partial charge in [0.2, 0.25) is 0 Å². The summed E-state index contributed by atoms with van der Waals surface area (Å²) in [5.41, 5.74) is 9.49. The number of nitrogen functional groups attached to an aromatic ring is 1. The molecule has 1 aromatic heterocycles. The molecule has 0 saturated carbocycles. The summed E-state index contributed by atoms with van der Waals surface area (Å²) >= 11 is 0. The predicted octanol–water partition coefficient (Wildman–Crippen LogP) is 3.79. The molecule has 21 heavy (non-hydrogen) atoms. The molecule has 4 nitrogen and oxygen atoms in total. The van der Waals surface area contributed by atoms with Gasteiger partial charge in [0.1, 0.15) is 5.82 Å². The normalized spacial score (nSPS) is 11.0. The molecule has 0 aliphatic carbocycles. The Balaban J connectivity index is 2.69. The van der Waals surface area contributed by atoms with Crippen LogP contribution in [-0.2, 0) is 0 Å². The maximum Gasteiger partial charge on any atom is 0.162 e. The van der Waals surface area contributed by atoms with Gasteiger partial charge in [0, 0.05) is 16.8 Å². The van der Waals surface area contributed by atoms with E-state index in [0.717, 1.165) is 22.6 Å². The van der Waals surface area contributed by atoms with Crippen molar-refractivity contribution in [1.82, 2.24) is 9.97 Å². The molecule has 2 aromatic rings. The fourth-order valence-corrected chi connectivity index (χ4v) is 3.03. The lowest BCUT2D eigenvalue weighted by atomic mass is 9.98. The van der Waals surface area contributed by atoms with Crippen LogP contribution in [0.25, 0.3) is 11.4 Å². The zero-order valence-electron chi connectivity index (χ0n) is 13.7. The van der Waals surface area contributed by atoms with Crippen molar-refractivity contribution in [2.75, 3.05) is 5.43 Å². The predicted molar refractivity (Wildman–Crippen MR) is 88.3 cm³/mol. The molecule has 2 rings (SSSR count). The second kappa shape index (κ2) is 5.82. The second-order valence-corrected chi connectivity index (χ2v) is 5.97. The lowest BCUT2D eigenvalue weighted by Gasteiger charge is -2.17. The first-order valence-corrected chi connectivity index (χ1v) is 7.28. The van der Waals surface area contributed by atoms with E-state index < -0.39 is 0 Å². The molecule has 112 valence electrons. The molecule has 0 bridgehead atoms. The van der Waals surface area contributed by atoms with Crippen LogP contribution in [0.3, 0.4) is 0 Å². The Bertz CT molecular complexity index is 652. The van der Waals surface area contributed by atoms with Crippen LogP contribution in [0, 0.1) is 27.7 Å². The Morgan fingerprint density at radius 1 is 1.00 bits per heavy atom. The summed E-state index contributed by atoms with van der Waals surface area (Å²) in [6.07, 6.45) is 0. The summed E-state index contributed by atoms with van der Waals surface area (Å²) in [6.45, 7) is 12.5. The minimum Gasteiger partial charge on any atom is -0.308 e. The highest BCUT2D eigenvalue weighted by Crippen LogP contribution is 2.31. The van der Waals surface area contributed by atoms with Crippen molar-refractivity contribution >= 4 is 5.82 Å². The fourth-order valence-electron chi connectivity index (χ4n) is 3.03. The number of nitrogens with zero attached hydrogens (tertiary/aromatic N) is 2. The molecule has 0 aliphatic rings. The Morgan fingerprint density at radius 3 is 2.05 bits per heavy atom. The monoisotopic (exact) mass is 284 g/mol. The molecule has 0 amide bonds. The summed E-state index contributed by atoms with van der Waals surface area (Å²) < 4.78 is 0. The smallest absolute Gasteiger partial charge is 0.162 e. The largest absolute Gasteiger partial charge is 0.308 e. The average Bonchev–Trinajstić information content (AvgIpc) is 2.35. The molecule has 0 unspecified atom stereocenters. The summed E-state index contributed by atoms with van der Waals surface area (Å²) in [4.78, 5) is 9.37. The number of hydrogen-bond acceptors (Lipinski definition) is 4. The van der Waals surface area contributed by atoms with E-state index in [1.165, 1.54) is 16.7 Å². The third kappa shape index (κ3) is 2.90. The van der Waals surface area contributed by atoms with Crippen molar-refractivity contribution in [3.63, 3.8) is 0 Å². The van der Waals surface area contributed by atoms with Gasteiger partial charge in [0.15, 0.2) is 5.82 Å². The third-order valence-electron chi connectivity index (χ3n) is 3.75. The summed E-state index contributed by atoms with van der Waals surface area (Å²) in [5.74, 6) is 7.44. The van der Waals surface area contributed by atoms with Crippen LogP contribution in [0.2, 0.25) is 0 Å². The van der Waals surface area contributed by atoms with Gasteiger partial charge in [-0.2, -0.15) is 0 Å². The van der Waals surface area contributed by atoms with Gasteiger partial charge in [-0.05, 0) is 44.7 Å². The Hall–Kier alpha value is -1.94. The number of nitrogens with two attached hydrogens (primary N) is 1. The van der Waals surface area contributed by atoms with Crippen molar-refractivity contribution in [2.45, 2.75) is 47.5 Å². The number of hydrogen-bond donors (Lipinski definition) is 2. The molecule has 1 aromatic carbocycles. The van der Waals surface area contributed by atoms with E-state index in [2.05, 4.69) is 57.2 Å². The first-order chi connectivity index (χ1) is 9.85. The average molecular weight is 284 g/mol. The van der Waals surface area contributed by atoms with Gasteiger partial charge < -0.3 is 5.43 Å². The van der Waals surface area contributed by atoms with Gasteiger partial charge in [-0.3, -0.25) is 0 Å². The molecule has 0 spiro atoms. The van der Waals surface area contributed by atoms with Crippen LogP contribution in [0.4, 0.5) is 5.82 Å². The van der Waals surface area contributed by atoms with Gasteiger partial charge in [0.05, 0.1) is 0 Å². The molecular weight excluding hydrogens is 260 g/mol. The van der Waals surface area contributed by atoms with Crippen molar-refractivity contribution < 1.29 is 0 Å². The highest BCUT2D eigenvalue weighted by Gasteiger charge is 2.17. The second-order valence-electron chi connectivity index (χ2n) is 5.97. The van der Waals surface area contributed by atoms with E-state index >= 15 is 0 Å². The maximum atomic E-state index is 5.66. The molecule has 1 heterocycles. The van der Waals surface area contributed by atoms with E-state index in [4.69, 9.17) is 10.8 Å². The van der Waals surface area contributed by atoms with Crippen molar-refractivity contribution in [2.24, 2.45) is 5.84 Å². The van der Waals surface area contributed by atoms with Gasteiger partial charge in [0.25, 0.3) is 0 Å². The van der Waals surface area contributed by atoms with Crippen LogP contribution in [0.15, 0.2) is 12.1 Å². The van der Waals surface area contributed by atoms with Crippen molar-refractivity contribution in [3.05, 3.63) is 40.1 Å². The SMILES string of the molecule is Cc1cc(C)c(-c2nc(C)c(C(C)C)c(NN)n2)c(C)c1. The Kier molecular flexibility index (Phi) is 4.28. The van der Waals surface area contributed by atoms with Crippen LogP contribution < -0.4 is 11.3 Å². The number of anilines is 1. The zero-order valence-corrected chi connectivity index (χ0v) is 13.7. The third-order valence-corrected chi connectivity index (χ3v) is 3.75. The van der Waals surface area contributed by atoms with Crippen molar-refractivity contribution in [3.8, 4) is 11.4 Å². The number of aromatic nitrogens is 2. The minimum atomic E-state index is 0.324. The first kappa shape index (κ1) is 15.4. The highest BCUT2D eigenvalue weighted by atomic mass is 15.3. The topological polar surface area (TPSA) is 63.8 Å². The van der Waals surface area contributed by atoms with E-state index in [9.17, 15) is 0 Å². The molecule has 3 N–H and O–H groups in total. The number of benzene rings is 1. The lowest BCUT2D eigenvalue weighted by Crippen LogP contribution is -2.15. The number of hydrazine groups is 1. The Labute approximate surface area is 126 Å². The van der Waals surface area contributed by atoms with Gasteiger partial charge in [-0.1, -0.05) is 31.5 Å². The summed E-state index contributed by atoms with van der Waals surface area (Å²) in [6, 6.07) is 4.32. The number of aryl methyl sites for hydroxylation is 4. The van der Waals surface area contributed by atoms with E-state index in [0.29, 0.717) is 11.7 Å². The molecule has 0 fully saturated rings. The van der Waals surface area contributed by atoms with Gasteiger partial charge >= 0.3 is 0 Å². The highest BCUT2D eigenvalue weighted by molar-refractivity contribution is 5.67. The molecule has 0 aliphatic heterocycles. The van der Waals surface area contributed by atoms with E-state index in [-0.39, 0.29) is 0 Å². The Morgan fingerprint density at radius 2 is 1.57 bits per heavy atom. The van der Waals surface area contributed by atoms with Gasteiger partial charge in [-0.25, -0.2) is 15.8 Å². The maximum absolute atomic E-state index is 5.66. The van der Waals surface area contributed by atoms with Crippen LogP contribution >= 0.6 is 0 Å². The minimum absolute atomic E-state index is 0.324. The van der Waals surface area contributed by atoms with Gasteiger partial charge in [-0.15, -0.1) is 0 Å². The fraction of sp³-hybridized carbons (Fsp3) is 0.412. The van der Waals surface area contributed by atoms with Crippen LogP contribution in [0.1, 0.15) is 47.7 Å². The van der Waals surface area contributed by atoms with E-state index in [1.54, 1.807) is 0 Å². The summed E-state index contributed by atoms with van der Waals surface area (Å²) in [7, 11) is 0. The van der Waals surface area contributed by atoms with Crippen molar-refractivity contribution in [1.29, 1.82) is 0 Å². The quantitative estimate of drug-likeness (QED) is 0.665. The zero-order chi connectivity index (χ0) is 15.7. The number of nitrogens with one attached hydrogen (secondary N) is 1. The molecule has 0 atom stereocenters. The molecule has 0 radical (unpaired) electrons. The van der Waals surface area contributed by atoms with Crippen LogP contribution in [0.5, 0.6) is 0 Å².